The maximum Gasteiger partial charge on any atom is 0.225 e. The number of rotatable bonds is 5. The zero-order valence-corrected chi connectivity index (χ0v) is 10.7. The molecule has 18 heavy (non-hydrogen) atoms. The number of methoxy groups -OCH3 is 2. The van der Waals surface area contributed by atoms with Crippen molar-refractivity contribution in [3.8, 4) is 17.6 Å². The number of amides is 1. The Morgan fingerprint density at radius 3 is 2.72 bits per heavy atom. The second kappa shape index (κ2) is 6.50. The summed E-state index contributed by atoms with van der Waals surface area (Å²) in [5, 5.41) is 11.4. The maximum atomic E-state index is 11.7. The Hall–Kier alpha value is -2.22. The highest BCUT2D eigenvalue weighted by molar-refractivity contribution is 5.92. The molecule has 1 aromatic carbocycles. The van der Waals surface area contributed by atoms with Crippen molar-refractivity contribution in [3.05, 3.63) is 18.2 Å². The molecule has 0 saturated heterocycles. The van der Waals surface area contributed by atoms with E-state index in [4.69, 9.17) is 14.7 Å². The molecule has 1 amide bonds. The van der Waals surface area contributed by atoms with E-state index in [-0.39, 0.29) is 18.2 Å². The van der Waals surface area contributed by atoms with Crippen molar-refractivity contribution in [1.82, 2.24) is 0 Å². The van der Waals surface area contributed by atoms with Crippen LogP contribution >= 0.6 is 0 Å². The summed E-state index contributed by atoms with van der Waals surface area (Å²) in [6.07, 6.45) is 0.150. The van der Waals surface area contributed by atoms with Gasteiger partial charge in [0.25, 0.3) is 0 Å². The van der Waals surface area contributed by atoms with Gasteiger partial charge in [0, 0.05) is 12.5 Å². The van der Waals surface area contributed by atoms with Gasteiger partial charge in [0.15, 0.2) is 0 Å². The third-order valence-electron chi connectivity index (χ3n) is 2.39. The van der Waals surface area contributed by atoms with Crippen molar-refractivity contribution < 1.29 is 14.3 Å². The molecule has 0 aliphatic carbocycles. The van der Waals surface area contributed by atoms with E-state index in [9.17, 15) is 4.79 Å². The summed E-state index contributed by atoms with van der Waals surface area (Å²) in [5.41, 5.74) is 0.534. The Balaban J connectivity index is 2.82. The van der Waals surface area contributed by atoms with Crippen LogP contribution in [-0.4, -0.2) is 20.1 Å². The molecule has 0 radical (unpaired) electrons. The lowest BCUT2D eigenvalue weighted by Gasteiger charge is -2.12. The van der Waals surface area contributed by atoms with Gasteiger partial charge in [-0.15, -0.1) is 0 Å². The van der Waals surface area contributed by atoms with Gasteiger partial charge in [-0.1, -0.05) is 0 Å². The molecule has 1 atom stereocenters. The molecule has 0 aromatic heterocycles. The first-order chi connectivity index (χ1) is 8.60. The highest BCUT2D eigenvalue weighted by atomic mass is 16.5. The summed E-state index contributed by atoms with van der Waals surface area (Å²) in [5.74, 6) is 0.630. The van der Waals surface area contributed by atoms with Crippen LogP contribution in [0.1, 0.15) is 13.3 Å². The summed E-state index contributed by atoms with van der Waals surface area (Å²) in [6, 6.07) is 7.14. The van der Waals surface area contributed by atoms with E-state index in [1.165, 1.54) is 7.11 Å². The Labute approximate surface area is 106 Å². The van der Waals surface area contributed by atoms with Crippen LogP contribution < -0.4 is 14.8 Å². The van der Waals surface area contributed by atoms with Gasteiger partial charge in [0.05, 0.1) is 31.9 Å². The molecule has 0 aliphatic rings. The highest BCUT2D eigenvalue weighted by Crippen LogP contribution is 2.29. The zero-order valence-electron chi connectivity index (χ0n) is 10.7. The number of hydrogen-bond acceptors (Lipinski definition) is 4. The van der Waals surface area contributed by atoms with Crippen molar-refractivity contribution in [2.45, 2.75) is 13.3 Å². The standard InChI is InChI=1S/C13H16N2O3/c1-9(8-14)6-13(16)15-11-7-10(17-2)4-5-12(11)18-3/h4-5,7,9H,6H2,1-3H3,(H,15,16). The van der Waals surface area contributed by atoms with E-state index < -0.39 is 0 Å². The number of carbonyl (C=O) groups is 1. The molecular weight excluding hydrogens is 232 g/mol. The van der Waals surface area contributed by atoms with E-state index in [1.54, 1.807) is 32.2 Å². The predicted molar refractivity (Wildman–Crippen MR) is 67.6 cm³/mol. The Morgan fingerprint density at radius 2 is 2.17 bits per heavy atom. The van der Waals surface area contributed by atoms with E-state index in [0.717, 1.165) is 0 Å². The first kappa shape index (κ1) is 13.8. The van der Waals surface area contributed by atoms with Crippen LogP contribution in [0.4, 0.5) is 5.69 Å². The lowest BCUT2D eigenvalue weighted by atomic mass is 10.1. The summed E-state index contributed by atoms with van der Waals surface area (Å²) >= 11 is 0. The van der Waals surface area contributed by atoms with E-state index in [0.29, 0.717) is 17.2 Å². The third kappa shape index (κ3) is 3.67. The largest absolute Gasteiger partial charge is 0.497 e. The Bertz CT molecular complexity index is 466. The summed E-state index contributed by atoms with van der Waals surface area (Å²) in [7, 11) is 3.07. The lowest BCUT2D eigenvalue weighted by Crippen LogP contribution is -2.15. The smallest absolute Gasteiger partial charge is 0.225 e. The van der Waals surface area contributed by atoms with Gasteiger partial charge in [0.1, 0.15) is 11.5 Å². The predicted octanol–water partition coefficient (Wildman–Crippen LogP) is 2.19. The fraction of sp³-hybridized carbons (Fsp3) is 0.385. The van der Waals surface area contributed by atoms with Crippen LogP contribution in [-0.2, 0) is 4.79 Å². The number of carbonyl (C=O) groups excluding carboxylic acids is 1. The molecule has 1 aromatic rings. The summed E-state index contributed by atoms with van der Waals surface area (Å²) < 4.78 is 10.2. The lowest BCUT2D eigenvalue weighted by molar-refractivity contribution is -0.116. The topological polar surface area (TPSA) is 71.3 Å². The Morgan fingerprint density at radius 1 is 1.44 bits per heavy atom. The van der Waals surface area contributed by atoms with E-state index in [1.807, 2.05) is 6.07 Å². The first-order valence-electron chi connectivity index (χ1n) is 5.52. The van der Waals surface area contributed by atoms with Gasteiger partial charge >= 0.3 is 0 Å². The number of anilines is 1. The van der Waals surface area contributed by atoms with Crippen molar-refractivity contribution >= 4 is 11.6 Å². The van der Waals surface area contributed by atoms with E-state index >= 15 is 0 Å². The second-order valence-corrected chi connectivity index (χ2v) is 3.85. The normalized spacial score (nSPS) is 11.2. The van der Waals surface area contributed by atoms with Crippen molar-refractivity contribution in [2.24, 2.45) is 5.92 Å². The van der Waals surface area contributed by atoms with Crippen LogP contribution in [0.15, 0.2) is 18.2 Å². The SMILES string of the molecule is COc1ccc(OC)c(NC(=O)CC(C)C#N)c1. The van der Waals surface area contributed by atoms with E-state index in [2.05, 4.69) is 5.32 Å². The summed E-state index contributed by atoms with van der Waals surface area (Å²) in [6.45, 7) is 1.70. The van der Waals surface area contributed by atoms with Crippen molar-refractivity contribution in [3.63, 3.8) is 0 Å². The first-order valence-corrected chi connectivity index (χ1v) is 5.52. The molecule has 0 bridgehead atoms. The van der Waals surface area contributed by atoms with Gasteiger partial charge in [-0.3, -0.25) is 4.79 Å². The highest BCUT2D eigenvalue weighted by Gasteiger charge is 2.11. The van der Waals surface area contributed by atoms with Crippen molar-refractivity contribution in [1.29, 1.82) is 5.26 Å². The van der Waals surface area contributed by atoms with Crippen LogP contribution in [0.25, 0.3) is 0 Å². The minimum atomic E-state index is -0.318. The third-order valence-corrected chi connectivity index (χ3v) is 2.39. The van der Waals surface area contributed by atoms with Crippen molar-refractivity contribution in [2.75, 3.05) is 19.5 Å². The Kier molecular flexibility index (Phi) is 5.00. The molecule has 1 N–H and O–H groups in total. The number of nitriles is 1. The van der Waals surface area contributed by atoms with Crippen LogP contribution in [0.3, 0.4) is 0 Å². The molecule has 0 fully saturated rings. The fourth-order valence-electron chi connectivity index (χ4n) is 1.44. The molecule has 1 rings (SSSR count). The molecule has 5 nitrogen and oxygen atoms in total. The fourth-order valence-corrected chi connectivity index (χ4v) is 1.44. The van der Waals surface area contributed by atoms with Crippen LogP contribution in [0, 0.1) is 17.2 Å². The molecule has 0 heterocycles. The van der Waals surface area contributed by atoms with Crippen LogP contribution in [0.5, 0.6) is 11.5 Å². The average Bonchev–Trinajstić information content (AvgIpc) is 2.38. The van der Waals surface area contributed by atoms with Gasteiger partial charge in [-0.05, 0) is 19.1 Å². The quantitative estimate of drug-likeness (QED) is 0.867. The van der Waals surface area contributed by atoms with Crippen LogP contribution in [0.2, 0.25) is 0 Å². The minimum Gasteiger partial charge on any atom is -0.497 e. The molecule has 0 spiro atoms. The van der Waals surface area contributed by atoms with Gasteiger partial charge in [-0.25, -0.2) is 0 Å². The number of benzene rings is 1. The monoisotopic (exact) mass is 248 g/mol. The molecular formula is C13H16N2O3. The van der Waals surface area contributed by atoms with Gasteiger partial charge in [-0.2, -0.15) is 5.26 Å². The summed E-state index contributed by atoms with van der Waals surface area (Å²) in [4.78, 5) is 11.7. The molecule has 1 unspecified atom stereocenters. The average molecular weight is 248 g/mol. The minimum absolute atomic E-state index is 0.150. The number of ether oxygens (including phenoxy) is 2. The zero-order chi connectivity index (χ0) is 13.5. The number of nitrogens with zero attached hydrogens (tertiary/aromatic N) is 1. The molecule has 0 saturated carbocycles. The molecule has 0 aliphatic heterocycles. The van der Waals surface area contributed by atoms with Gasteiger partial charge in [0.2, 0.25) is 5.91 Å². The number of hydrogen-bond donors (Lipinski definition) is 1. The number of nitrogens with one attached hydrogen (secondary N) is 1. The van der Waals surface area contributed by atoms with Gasteiger partial charge < -0.3 is 14.8 Å². The molecule has 5 heteroatoms. The second-order valence-electron chi connectivity index (χ2n) is 3.85. The maximum absolute atomic E-state index is 11.7. The molecule has 96 valence electrons.